The fraction of sp³-hybridized carbons (Fsp3) is 0.377. The van der Waals surface area contributed by atoms with E-state index in [-0.39, 0.29) is 0 Å². The first-order chi connectivity index (χ1) is 60.7. The summed E-state index contributed by atoms with van der Waals surface area (Å²) in [5, 5.41) is 95.6. The summed E-state index contributed by atoms with van der Waals surface area (Å²) >= 11 is 9.94. The van der Waals surface area contributed by atoms with Crippen LogP contribution in [0, 0.1) is 0 Å². The highest BCUT2D eigenvalue weighted by Gasteiger charge is 2.32. The second kappa shape index (κ2) is 37.2. The minimum absolute atomic E-state index is 0.500. The summed E-state index contributed by atoms with van der Waals surface area (Å²) in [5.74, 6) is 5.24. The molecule has 0 radical (unpaired) electrons. The van der Waals surface area contributed by atoms with Gasteiger partial charge in [-0.3, -0.25) is 0 Å². The van der Waals surface area contributed by atoms with Gasteiger partial charge in [-0.1, -0.05) is 24.3 Å². The Bertz CT molecular complexity index is 5980. The Balaban J connectivity index is 0.0000000970. The second-order valence-electron chi connectivity index (χ2n) is 30.0. The van der Waals surface area contributed by atoms with Gasteiger partial charge in [-0.05, 0) is 204 Å². The Morgan fingerprint density at radius 3 is 0.862 bits per heavy atom. The van der Waals surface area contributed by atoms with E-state index in [1.54, 1.807) is 95.1 Å². The third-order valence-corrected chi connectivity index (χ3v) is 27.3. The van der Waals surface area contributed by atoms with E-state index in [1.165, 1.54) is 38.5 Å². The maximum absolute atomic E-state index is 4.63. The SMILES string of the molecule is CN1CCN(c2ncc(-c3cccs3)n3nnnc23)CC1.CN1CCN(c2ncc(-c3ccsc3)n3nnnc23)CC1.CNC1CN(c2ncc(-c3cccs3)n3nnnc23)C1.CN[C@H]1CCN(c2ncc(-c3cccs3)n3nnnc23)C1.c1cc(-c2cnc(N3CCCCC3)c3nnnn23)cs1.c1csc(-c2cnc(N3CCCCC3)c3nnnn23)c1. The molecule has 24 rings (SSSR count). The third-order valence-electron chi connectivity index (χ3n) is 22.4. The number of tetrazole rings is 6. The maximum Gasteiger partial charge on any atom is 0.222 e. The highest BCUT2D eigenvalue weighted by molar-refractivity contribution is 7.14. The topological polar surface area (TPSA) is 386 Å². The molecule has 0 unspecified atom stereocenters. The molecular formula is C77H86N40S6. The van der Waals surface area contributed by atoms with E-state index in [9.17, 15) is 0 Å². The normalized spacial score (nSPS) is 16.6. The predicted octanol–water partition coefficient (Wildman–Crippen LogP) is 8.18. The quantitative estimate of drug-likeness (QED) is 0.104. The van der Waals surface area contributed by atoms with Crippen molar-refractivity contribution in [3.8, 4) is 64.8 Å². The minimum atomic E-state index is 0.500. The molecule has 6 aliphatic rings. The number of piperazine rings is 2. The van der Waals surface area contributed by atoms with Crippen molar-refractivity contribution in [2.24, 2.45) is 0 Å². The van der Waals surface area contributed by atoms with Crippen LogP contribution in [0.4, 0.5) is 34.9 Å². The highest BCUT2D eigenvalue weighted by Crippen LogP contribution is 2.35. The van der Waals surface area contributed by atoms with Gasteiger partial charge >= 0.3 is 0 Å². The van der Waals surface area contributed by atoms with Crippen LogP contribution in [0.3, 0.4) is 0 Å². The Labute approximate surface area is 727 Å². The number of hydrogen-bond acceptors (Lipinski definition) is 40. The molecule has 0 aliphatic carbocycles. The van der Waals surface area contributed by atoms with Crippen molar-refractivity contribution in [2.75, 3.05) is 162 Å². The number of thiophene rings is 6. The number of nitrogens with zero attached hydrogens (tertiary/aromatic N) is 38. The Hall–Kier alpha value is -12.3. The van der Waals surface area contributed by atoms with Crippen LogP contribution in [0.25, 0.3) is 98.7 Å². The van der Waals surface area contributed by atoms with Crippen molar-refractivity contribution in [1.29, 1.82) is 0 Å². The Morgan fingerprint density at radius 1 is 0.293 bits per heavy atom. The van der Waals surface area contributed by atoms with Crippen molar-refractivity contribution < 1.29 is 0 Å². The summed E-state index contributed by atoms with van der Waals surface area (Å²) in [5.41, 5.74) is 12.2. The molecule has 0 amide bonds. The molecule has 46 heteroatoms. The van der Waals surface area contributed by atoms with E-state index in [0.29, 0.717) is 17.7 Å². The van der Waals surface area contributed by atoms with Crippen LogP contribution in [-0.2, 0) is 0 Å². The first-order valence-electron chi connectivity index (χ1n) is 40.6. The lowest BCUT2D eigenvalue weighted by Crippen LogP contribution is -2.57. The van der Waals surface area contributed by atoms with E-state index < -0.39 is 0 Å². The smallest absolute Gasteiger partial charge is 0.222 e. The number of likely N-dealkylation sites (N-methyl/N-ethyl adjacent to an activating group) is 4. The largest absolute Gasteiger partial charge is 0.353 e. The first kappa shape index (κ1) is 80.4. The van der Waals surface area contributed by atoms with Crippen molar-refractivity contribution in [2.45, 2.75) is 57.0 Å². The summed E-state index contributed by atoms with van der Waals surface area (Å²) in [6.45, 7) is 15.8. The standard InChI is InChI=1S/3C13H15N7S.2C13H14N6S.C12H13N7S/c1-18-3-5-19(6-4-18)12-13-15-16-17-20(13)11(8-14-12)10-2-7-21-9-10;1-18-4-6-19(7-5-18)12-13-15-16-17-20(13)10(9-14-12)11-3-2-8-21-11;1-14-9-4-5-19(8-9)12-13-16-17-18-20(13)10(7-15-12)11-3-2-6-21-11;1-2-6-18(7-3-1)12-13-15-16-17-19(13)10(9-14-12)11-5-4-8-20-11;1-2-5-18(6-3-1)12-13-15-16-17-19(13)11(8-14-12)10-4-7-20-9-10;1-13-8-6-18(7-8)11-12-15-16-17-19(12)9(5-14-11)10-3-2-4-20-10/h2,7-9H,3-6H2,1H3;2-3,8-9H,4-7H2,1H3;2-3,6-7,9,14H,4-5,8H2,1H3;4-5,8-9H,1-3,6-7H2;4,7-9H,1-3,5-6H2;2-5,8,13H,6-7H2,1H3/t;;9-;;;/m..0.../s1. The molecule has 1 atom stereocenters. The van der Waals surface area contributed by atoms with Gasteiger partial charge in [0.25, 0.3) is 0 Å². The fourth-order valence-electron chi connectivity index (χ4n) is 15.5. The molecule has 40 nitrogen and oxygen atoms in total. The molecule has 0 spiro atoms. The second-order valence-corrected chi connectivity index (χ2v) is 35.4. The first-order valence-corrected chi connectivity index (χ1v) is 46.0. The molecule has 24 heterocycles. The van der Waals surface area contributed by atoms with Crippen LogP contribution < -0.4 is 40.0 Å². The molecule has 6 fully saturated rings. The molecule has 6 saturated heterocycles. The molecule has 0 bridgehead atoms. The summed E-state index contributed by atoms with van der Waals surface area (Å²) in [4.78, 5) is 50.3. The zero-order valence-electron chi connectivity index (χ0n) is 67.7. The van der Waals surface area contributed by atoms with Gasteiger partial charge in [-0.25, -0.2) is 29.9 Å². The zero-order valence-corrected chi connectivity index (χ0v) is 72.6. The van der Waals surface area contributed by atoms with Crippen molar-refractivity contribution >= 4 is 137 Å². The number of anilines is 6. The zero-order chi connectivity index (χ0) is 83.0. The van der Waals surface area contributed by atoms with Gasteiger partial charge in [0.1, 0.15) is 22.8 Å². The van der Waals surface area contributed by atoms with Crippen molar-refractivity contribution in [3.63, 3.8) is 0 Å². The van der Waals surface area contributed by atoms with E-state index >= 15 is 0 Å². The van der Waals surface area contributed by atoms with E-state index in [4.69, 9.17) is 0 Å². The van der Waals surface area contributed by atoms with Crippen molar-refractivity contribution in [1.82, 2.24) is 171 Å². The van der Waals surface area contributed by atoms with Gasteiger partial charge in [0.15, 0.2) is 34.9 Å². The predicted molar refractivity (Wildman–Crippen MR) is 478 cm³/mol. The number of nitrogens with one attached hydrogen (secondary N) is 2. The third kappa shape index (κ3) is 17.1. The van der Waals surface area contributed by atoms with Crippen LogP contribution >= 0.6 is 68.0 Å². The van der Waals surface area contributed by atoms with Gasteiger partial charge < -0.3 is 49.8 Å². The summed E-state index contributed by atoms with van der Waals surface area (Å²) in [6.07, 6.45) is 19.7. The average Bonchev–Trinajstić information content (AvgIpc) is 1.72. The van der Waals surface area contributed by atoms with Gasteiger partial charge in [-0.15, -0.1) is 75.9 Å². The van der Waals surface area contributed by atoms with Gasteiger partial charge in [0.2, 0.25) is 33.9 Å². The summed E-state index contributed by atoms with van der Waals surface area (Å²) in [6, 6.07) is 21.4. The van der Waals surface area contributed by atoms with Crippen LogP contribution in [0.1, 0.15) is 44.9 Å². The van der Waals surface area contributed by atoms with Crippen LogP contribution in [0.5, 0.6) is 0 Å². The number of fused-ring (bicyclic) bond motifs is 6. The molecule has 18 aromatic rings. The Kier molecular flexibility index (Phi) is 24.3. The van der Waals surface area contributed by atoms with Gasteiger partial charge in [0, 0.05) is 139 Å². The average molecular weight is 1760 g/mol. The van der Waals surface area contributed by atoms with Crippen molar-refractivity contribution in [3.05, 3.63) is 141 Å². The van der Waals surface area contributed by atoms with E-state index in [0.717, 1.165) is 239 Å². The lowest BCUT2D eigenvalue weighted by molar-refractivity contribution is 0.312. The molecule has 18 aromatic heterocycles. The number of piperidine rings is 2. The van der Waals surface area contributed by atoms with Crippen LogP contribution in [-0.4, -0.2) is 305 Å². The maximum atomic E-state index is 4.63. The molecule has 0 saturated carbocycles. The summed E-state index contributed by atoms with van der Waals surface area (Å²) < 4.78 is 10.7. The lowest BCUT2D eigenvalue weighted by Gasteiger charge is -2.39. The Morgan fingerprint density at radius 2 is 0.577 bits per heavy atom. The molecule has 630 valence electrons. The van der Waals surface area contributed by atoms with Gasteiger partial charge in [-0.2, -0.15) is 49.8 Å². The van der Waals surface area contributed by atoms with Gasteiger partial charge in [0.05, 0.1) is 68.1 Å². The van der Waals surface area contributed by atoms with E-state index in [1.807, 2.05) is 114 Å². The lowest BCUT2D eigenvalue weighted by atomic mass is 10.1. The molecule has 0 aromatic carbocycles. The van der Waals surface area contributed by atoms with E-state index in [2.05, 4.69) is 228 Å². The molecule has 123 heavy (non-hydrogen) atoms. The molecular weight excluding hydrogens is 1680 g/mol. The summed E-state index contributed by atoms with van der Waals surface area (Å²) in [7, 11) is 8.25. The fourth-order valence-corrected chi connectivity index (χ4v) is 19.7. The number of hydrogen-bond donors (Lipinski definition) is 2. The molecule has 6 aliphatic heterocycles. The highest BCUT2D eigenvalue weighted by atomic mass is 32.1. The van der Waals surface area contributed by atoms with Crippen LogP contribution in [0.2, 0.25) is 0 Å². The monoisotopic (exact) mass is 1760 g/mol. The molecule has 2 N–H and O–H groups in total. The number of rotatable bonds is 14. The number of aromatic nitrogens is 30. The van der Waals surface area contributed by atoms with Crippen LogP contribution in [0.15, 0.2) is 141 Å². The minimum Gasteiger partial charge on any atom is -0.353 e.